The topological polar surface area (TPSA) is 32.3 Å². The normalized spacial score (nSPS) is 26.0. The molecule has 2 N–H and O–H groups in total. The molecule has 1 fully saturated rings. The molecule has 2 atom stereocenters. The maximum atomic E-state index is 9.39. The van der Waals surface area contributed by atoms with Gasteiger partial charge >= 0.3 is 0 Å². The minimum atomic E-state index is -0.0490. The number of rotatable bonds is 4. The second-order valence-corrected chi connectivity index (χ2v) is 6.51. The molecule has 0 aliphatic heterocycles. The summed E-state index contributed by atoms with van der Waals surface area (Å²) in [6.45, 7) is 1.97. The molecule has 1 aromatic heterocycles. The van der Waals surface area contributed by atoms with E-state index >= 15 is 0 Å². The molecule has 1 aliphatic carbocycles. The average Bonchev–Trinajstić information content (AvgIpc) is 2.76. The van der Waals surface area contributed by atoms with Crippen LogP contribution in [0.5, 0.6) is 0 Å². The molecule has 84 valence electrons. The van der Waals surface area contributed by atoms with Gasteiger partial charge in [-0.25, -0.2) is 0 Å². The van der Waals surface area contributed by atoms with Crippen LogP contribution < -0.4 is 5.32 Å². The van der Waals surface area contributed by atoms with Crippen LogP contribution in [0.4, 0.5) is 0 Å². The third-order valence-corrected chi connectivity index (χ3v) is 4.45. The zero-order chi connectivity index (χ0) is 10.7. The van der Waals surface area contributed by atoms with Gasteiger partial charge in [0.1, 0.15) is 0 Å². The minimum absolute atomic E-state index is 0.0490. The van der Waals surface area contributed by atoms with Crippen molar-refractivity contribution in [3.8, 4) is 0 Å². The molecule has 1 aliphatic rings. The molecule has 4 heteroatoms. The van der Waals surface area contributed by atoms with Crippen LogP contribution >= 0.6 is 27.3 Å². The van der Waals surface area contributed by atoms with E-state index in [1.807, 2.05) is 0 Å². The summed E-state index contributed by atoms with van der Waals surface area (Å²) >= 11 is 5.18. The van der Waals surface area contributed by atoms with E-state index in [9.17, 15) is 5.11 Å². The Bertz CT molecular complexity index is 315. The minimum Gasteiger partial charge on any atom is -0.393 e. The zero-order valence-electron chi connectivity index (χ0n) is 8.58. The first-order chi connectivity index (χ1) is 7.24. The maximum Gasteiger partial charge on any atom is 0.0701 e. The first-order valence-corrected chi connectivity index (χ1v) is 7.03. The lowest BCUT2D eigenvalue weighted by Crippen LogP contribution is -2.21. The van der Waals surface area contributed by atoms with Crippen molar-refractivity contribution >= 4 is 27.3 Å². The third kappa shape index (κ3) is 3.55. The predicted molar refractivity (Wildman–Crippen MR) is 67.1 cm³/mol. The Hall–Kier alpha value is 0.100. The highest BCUT2D eigenvalue weighted by molar-refractivity contribution is 9.11. The van der Waals surface area contributed by atoms with Crippen LogP contribution in [0.1, 0.15) is 24.8 Å². The Kier molecular flexibility index (Phi) is 4.20. The third-order valence-electron chi connectivity index (χ3n) is 2.90. The summed E-state index contributed by atoms with van der Waals surface area (Å²) in [6, 6.07) is 2.15. The largest absolute Gasteiger partial charge is 0.393 e. The Labute approximate surface area is 103 Å². The molecule has 0 spiro atoms. The van der Waals surface area contributed by atoms with Gasteiger partial charge in [0.05, 0.1) is 9.89 Å². The Morgan fingerprint density at radius 2 is 2.40 bits per heavy atom. The molecule has 2 rings (SSSR count). The molecule has 0 aromatic carbocycles. The summed E-state index contributed by atoms with van der Waals surface area (Å²) in [6.07, 6.45) is 3.07. The van der Waals surface area contributed by atoms with Crippen LogP contribution in [0.2, 0.25) is 0 Å². The highest BCUT2D eigenvalue weighted by Gasteiger charge is 2.21. The summed E-state index contributed by atoms with van der Waals surface area (Å²) in [4.78, 5) is 0. The maximum absolute atomic E-state index is 9.39. The molecule has 1 saturated carbocycles. The Balaban J connectivity index is 1.67. The first kappa shape index (κ1) is 11.6. The van der Waals surface area contributed by atoms with E-state index in [0.717, 1.165) is 25.9 Å². The van der Waals surface area contributed by atoms with Crippen molar-refractivity contribution in [3.63, 3.8) is 0 Å². The molecule has 1 heterocycles. The van der Waals surface area contributed by atoms with E-state index in [-0.39, 0.29) is 6.10 Å². The highest BCUT2D eigenvalue weighted by Crippen LogP contribution is 2.25. The van der Waals surface area contributed by atoms with Crippen LogP contribution in [0, 0.1) is 5.92 Å². The Morgan fingerprint density at radius 1 is 1.53 bits per heavy atom. The van der Waals surface area contributed by atoms with Crippen molar-refractivity contribution < 1.29 is 5.11 Å². The monoisotopic (exact) mass is 289 g/mol. The van der Waals surface area contributed by atoms with Gasteiger partial charge < -0.3 is 10.4 Å². The second-order valence-electron chi connectivity index (χ2n) is 4.22. The number of halogens is 1. The van der Waals surface area contributed by atoms with E-state index in [4.69, 9.17) is 0 Å². The fraction of sp³-hybridized carbons (Fsp3) is 0.636. The SMILES string of the molecule is OC1CCC(CNCc2csc(Br)c2)C1. The number of nitrogens with one attached hydrogen (secondary N) is 1. The molecule has 15 heavy (non-hydrogen) atoms. The van der Waals surface area contributed by atoms with E-state index in [1.165, 1.54) is 15.8 Å². The number of hydrogen-bond donors (Lipinski definition) is 2. The average molecular weight is 290 g/mol. The summed E-state index contributed by atoms with van der Waals surface area (Å²) in [7, 11) is 0. The molecular formula is C11H16BrNOS. The molecular weight excluding hydrogens is 274 g/mol. The Morgan fingerprint density at radius 3 is 3.00 bits per heavy atom. The van der Waals surface area contributed by atoms with Gasteiger partial charge in [-0.15, -0.1) is 11.3 Å². The lowest BCUT2D eigenvalue weighted by atomic mass is 10.1. The van der Waals surface area contributed by atoms with E-state index < -0.39 is 0 Å². The summed E-state index contributed by atoms with van der Waals surface area (Å²) in [5.74, 6) is 0.669. The van der Waals surface area contributed by atoms with Gasteiger partial charge in [-0.2, -0.15) is 0 Å². The molecule has 0 saturated heterocycles. The van der Waals surface area contributed by atoms with Crippen molar-refractivity contribution in [1.29, 1.82) is 0 Å². The molecule has 0 amide bonds. The predicted octanol–water partition coefficient (Wildman–Crippen LogP) is 2.76. The van der Waals surface area contributed by atoms with Crippen molar-refractivity contribution in [1.82, 2.24) is 5.32 Å². The van der Waals surface area contributed by atoms with Gasteiger partial charge in [0, 0.05) is 6.54 Å². The lowest BCUT2D eigenvalue weighted by Gasteiger charge is -2.09. The summed E-state index contributed by atoms with van der Waals surface area (Å²) in [5.41, 5.74) is 1.34. The van der Waals surface area contributed by atoms with Gasteiger partial charge in [0.15, 0.2) is 0 Å². The molecule has 2 unspecified atom stereocenters. The fourth-order valence-electron chi connectivity index (χ4n) is 2.09. The van der Waals surface area contributed by atoms with Gasteiger partial charge in [0.2, 0.25) is 0 Å². The van der Waals surface area contributed by atoms with E-state index in [0.29, 0.717) is 5.92 Å². The molecule has 2 nitrogen and oxygen atoms in total. The van der Waals surface area contributed by atoms with Gasteiger partial charge in [-0.05, 0) is 64.7 Å². The molecule has 1 aromatic rings. The molecule has 0 bridgehead atoms. The van der Waals surface area contributed by atoms with Gasteiger partial charge in [-0.3, -0.25) is 0 Å². The number of aliphatic hydroxyl groups is 1. The van der Waals surface area contributed by atoms with Crippen LogP contribution in [0.3, 0.4) is 0 Å². The zero-order valence-corrected chi connectivity index (χ0v) is 11.0. The fourth-order valence-corrected chi connectivity index (χ4v) is 3.30. The van der Waals surface area contributed by atoms with E-state index in [2.05, 4.69) is 32.7 Å². The van der Waals surface area contributed by atoms with Crippen molar-refractivity contribution in [2.24, 2.45) is 5.92 Å². The first-order valence-electron chi connectivity index (χ1n) is 5.35. The van der Waals surface area contributed by atoms with Crippen molar-refractivity contribution in [3.05, 3.63) is 20.8 Å². The summed E-state index contributed by atoms with van der Waals surface area (Å²) in [5, 5.41) is 15.0. The number of hydrogen-bond acceptors (Lipinski definition) is 3. The second kappa shape index (κ2) is 5.43. The van der Waals surface area contributed by atoms with Gasteiger partial charge in [-0.1, -0.05) is 0 Å². The number of thiophene rings is 1. The van der Waals surface area contributed by atoms with Crippen LogP contribution in [0.15, 0.2) is 15.2 Å². The molecule has 0 radical (unpaired) electrons. The standard InChI is InChI=1S/C11H16BrNOS/c12-11-4-9(7-15-11)6-13-5-8-1-2-10(14)3-8/h4,7-8,10,13-14H,1-3,5-6H2. The lowest BCUT2D eigenvalue weighted by molar-refractivity contribution is 0.177. The van der Waals surface area contributed by atoms with Crippen molar-refractivity contribution in [2.75, 3.05) is 6.54 Å². The van der Waals surface area contributed by atoms with Crippen molar-refractivity contribution in [2.45, 2.75) is 31.9 Å². The highest BCUT2D eigenvalue weighted by atomic mass is 79.9. The smallest absolute Gasteiger partial charge is 0.0701 e. The van der Waals surface area contributed by atoms with Crippen LogP contribution in [-0.2, 0) is 6.54 Å². The van der Waals surface area contributed by atoms with E-state index in [1.54, 1.807) is 11.3 Å². The van der Waals surface area contributed by atoms with Crippen LogP contribution in [0.25, 0.3) is 0 Å². The quantitative estimate of drug-likeness (QED) is 0.893. The van der Waals surface area contributed by atoms with Gasteiger partial charge in [0.25, 0.3) is 0 Å². The number of aliphatic hydroxyl groups excluding tert-OH is 1. The summed E-state index contributed by atoms with van der Waals surface area (Å²) < 4.78 is 1.19. The van der Waals surface area contributed by atoms with Crippen LogP contribution in [-0.4, -0.2) is 17.8 Å².